The van der Waals surface area contributed by atoms with Crippen LogP contribution in [0, 0.1) is 20.8 Å². The highest BCUT2D eigenvalue weighted by Crippen LogP contribution is 2.32. The van der Waals surface area contributed by atoms with Crippen molar-refractivity contribution in [3.8, 4) is 11.5 Å². The Labute approximate surface area is 166 Å². The number of quaternary nitrogens is 1. The number of piperazine rings is 1. The number of nitrogens with zero attached hydrogens (tertiary/aromatic N) is 1. The Morgan fingerprint density at radius 1 is 0.964 bits per heavy atom. The number of ether oxygens (including phenoxy) is 2. The van der Waals surface area contributed by atoms with Gasteiger partial charge in [0.25, 0.3) is 0 Å². The summed E-state index contributed by atoms with van der Waals surface area (Å²) in [4.78, 5) is 1.85. The first kappa shape index (κ1) is 19.2. The lowest BCUT2D eigenvalue weighted by Crippen LogP contribution is -3.13. The number of nitrogens with one attached hydrogen (secondary N) is 1. The highest BCUT2D eigenvalue weighted by Gasteiger charge is 2.32. The van der Waals surface area contributed by atoms with Crippen LogP contribution in [0.1, 0.15) is 22.3 Å². The van der Waals surface area contributed by atoms with Gasteiger partial charge in [0.05, 0.1) is 31.1 Å². The lowest BCUT2D eigenvalue weighted by molar-refractivity contribution is -0.917. The van der Waals surface area contributed by atoms with E-state index in [1.165, 1.54) is 10.5 Å². The average molecular weight is 404 g/mol. The van der Waals surface area contributed by atoms with Crippen LogP contribution in [0.25, 0.3) is 0 Å². The van der Waals surface area contributed by atoms with E-state index in [2.05, 4.69) is 6.07 Å². The van der Waals surface area contributed by atoms with Crippen LogP contribution < -0.4 is 14.4 Å². The molecule has 1 saturated heterocycles. The summed E-state index contributed by atoms with van der Waals surface area (Å²) in [6.07, 6.45) is 0. The van der Waals surface area contributed by atoms with Gasteiger partial charge in [-0.1, -0.05) is 17.7 Å². The third kappa shape index (κ3) is 3.62. The fourth-order valence-corrected chi connectivity index (χ4v) is 6.12. The maximum absolute atomic E-state index is 13.2. The monoisotopic (exact) mass is 403 g/mol. The smallest absolute Gasteiger partial charge is 0.244 e. The third-order valence-electron chi connectivity index (χ3n) is 5.52. The van der Waals surface area contributed by atoms with Gasteiger partial charge in [-0.25, -0.2) is 8.42 Å². The molecule has 0 aliphatic carbocycles. The molecule has 6 nitrogen and oxygen atoms in total. The van der Waals surface area contributed by atoms with Crippen molar-refractivity contribution in [1.82, 2.24) is 4.31 Å². The molecule has 0 atom stereocenters. The van der Waals surface area contributed by atoms with Crippen molar-refractivity contribution in [3.05, 3.63) is 52.6 Å². The molecule has 2 aliphatic heterocycles. The van der Waals surface area contributed by atoms with Crippen LogP contribution in [0.5, 0.6) is 11.5 Å². The molecule has 7 heteroatoms. The average Bonchev–Trinajstić information content (AvgIpc) is 3.09. The summed E-state index contributed by atoms with van der Waals surface area (Å²) >= 11 is 0. The Morgan fingerprint density at radius 3 is 2.29 bits per heavy atom. The van der Waals surface area contributed by atoms with Crippen molar-refractivity contribution in [2.24, 2.45) is 0 Å². The molecule has 1 fully saturated rings. The number of hydrogen-bond acceptors (Lipinski definition) is 4. The van der Waals surface area contributed by atoms with Crippen molar-refractivity contribution in [1.29, 1.82) is 0 Å². The lowest BCUT2D eigenvalue weighted by Gasteiger charge is -2.32. The molecule has 0 unspecified atom stereocenters. The van der Waals surface area contributed by atoms with Crippen molar-refractivity contribution >= 4 is 10.0 Å². The van der Waals surface area contributed by atoms with Crippen LogP contribution in [0.2, 0.25) is 0 Å². The van der Waals surface area contributed by atoms with Gasteiger partial charge < -0.3 is 14.4 Å². The summed E-state index contributed by atoms with van der Waals surface area (Å²) in [5.41, 5.74) is 3.92. The first-order valence-electron chi connectivity index (χ1n) is 9.65. The summed E-state index contributed by atoms with van der Waals surface area (Å²) in [6, 6.07) is 9.92. The zero-order valence-electron chi connectivity index (χ0n) is 16.6. The van der Waals surface area contributed by atoms with Gasteiger partial charge >= 0.3 is 0 Å². The van der Waals surface area contributed by atoms with Gasteiger partial charge in [0.2, 0.25) is 16.8 Å². The largest absolute Gasteiger partial charge is 0.454 e. The van der Waals surface area contributed by atoms with Gasteiger partial charge in [-0.15, -0.1) is 0 Å². The van der Waals surface area contributed by atoms with Crippen LogP contribution in [-0.4, -0.2) is 45.7 Å². The van der Waals surface area contributed by atoms with Crippen LogP contribution in [0.4, 0.5) is 0 Å². The van der Waals surface area contributed by atoms with Crippen LogP contribution >= 0.6 is 0 Å². The molecule has 0 bridgehead atoms. The molecule has 0 amide bonds. The van der Waals surface area contributed by atoms with Crippen molar-refractivity contribution < 1.29 is 22.8 Å². The summed E-state index contributed by atoms with van der Waals surface area (Å²) in [6.45, 7) is 9.54. The topological polar surface area (TPSA) is 60.3 Å². The van der Waals surface area contributed by atoms with E-state index in [4.69, 9.17) is 9.47 Å². The third-order valence-corrected chi connectivity index (χ3v) is 7.73. The number of sulfonamides is 1. The second kappa shape index (κ2) is 7.39. The van der Waals surface area contributed by atoms with E-state index in [9.17, 15) is 8.42 Å². The second-order valence-electron chi connectivity index (χ2n) is 7.75. The highest BCUT2D eigenvalue weighted by atomic mass is 32.2. The van der Waals surface area contributed by atoms with Gasteiger partial charge in [-0.2, -0.15) is 4.31 Å². The minimum Gasteiger partial charge on any atom is -0.454 e. The predicted octanol–water partition coefficient (Wildman–Crippen LogP) is 1.43. The van der Waals surface area contributed by atoms with Crippen molar-refractivity contribution in [2.75, 3.05) is 33.0 Å². The standard InChI is InChI=1S/C21H26N2O4S/c1-15-10-16(2)21(17(3)11-15)28(24,25)23-8-6-22(7-9-23)13-18-4-5-19-20(12-18)27-14-26-19/h4-5,10-12H,6-9,13-14H2,1-3H3/p+1. The van der Waals surface area contributed by atoms with E-state index in [1.807, 2.05) is 45.0 Å². The lowest BCUT2D eigenvalue weighted by atomic mass is 10.1. The van der Waals surface area contributed by atoms with Crippen LogP contribution in [0.3, 0.4) is 0 Å². The summed E-state index contributed by atoms with van der Waals surface area (Å²) in [5, 5.41) is 0. The molecule has 1 N–H and O–H groups in total. The van der Waals surface area contributed by atoms with E-state index in [0.717, 1.165) is 47.8 Å². The predicted molar refractivity (Wildman–Crippen MR) is 106 cm³/mol. The number of benzene rings is 2. The molecular weight excluding hydrogens is 376 g/mol. The SMILES string of the molecule is Cc1cc(C)c(S(=O)(=O)N2CC[NH+](Cc3ccc4c(c3)OCO4)CC2)c(C)c1. The zero-order chi connectivity index (χ0) is 19.9. The molecule has 28 heavy (non-hydrogen) atoms. The van der Waals surface area contributed by atoms with E-state index in [1.54, 1.807) is 4.31 Å². The fourth-order valence-electron chi connectivity index (χ4n) is 4.26. The minimum atomic E-state index is -3.46. The molecule has 0 aromatic heterocycles. The highest BCUT2D eigenvalue weighted by molar-refractivity contribution is 7.89. The first-order chi connectivity index (χ1) is 13.3. The summed E-state index contributed by atoms with van der Waals surface area (Å²) in [5.74, 6) is 1.59. The first-order valence-corrected chi connectivity index (χ1v) is 11.1. The molecule has 150 valence electrons. The summed E-state index contributed by atoms with van der Waals surface area (Å²) in [7, 11) is -3.46. The molecule has 2 aliphatic rings. The molecule has 2 aromatic carbocycles. The van der Waals surface area contributed by atoms with Crippen molar-refractivity contribution in [2.45, 2.75) is 32.2 Å². The Morgan fingerprint density at radius 2 is 1.61 bits per heavy atom. The quantitative estimate of drug-likeness (QED) is 0.839. The normalized spacial score (nSPS) is 17.8. The van der Waals surface area contributed by atoms with Crippen LogP contribution in [-0.2, 0) is 16.6 Å². The number of aryl methyl sites for hydroxylation is 3. The van der Waals surface area contributed by atoms with Crippen LogP contribution in [0.15, 0.2) is 35.2 Å². The molecule has 4 rings (SSSR count). The van der Waals surface area contributed by atoms with Gasteiger partial charge in [-0.05, 0) is 50.1 Å². The second-order valence-corrected chi connectivity index (χ2v) is 9.62. The van der Waals surface area contributed by atoms with Crippen molar-refractivity contribution in [3.63, 3.8) is 0 Å². The Bertz CT molecular complexity index is 972. The Hall–Kier alpha value is -2.09. The van der Waals surface area contributed by atoms with Gasteiger partial charge in [0, 0.05) is 5.56 Å². The summed E-state index contributed by atoms with van der Waals surface area (Å²) < 4.78 is 38.9. The molecule has 0 saturated carbocycles. The van der Waals surface area contributed by atoms with Gasteiger partial charge in [-0.3, -0.25) is 0 Å². The van der Waals surface area contributed by atoms with E-state index >= 15 is 0 Å². The molecule has 2 heterocycles. The number of fused-ring (bicyclic) bond motifs is 1. The minimum absolute atomic E-state index is 0.278. The number of hydrogen-bond donors (Lipinski definition) is 1. The Kier molecular flexibility index (Phi) is 5.07. The van der Waals surface area contributed by atoms with E-state index in [0.29, 0.717) is 18.0 Å². The van der Waals surface area contributed by atoms with E-state index in [-0.39, 0.29) is 6.79 Å². The Balaban J connectivity index is 1.44. The molecule has 2 aromatic rings. The molecule has 0 radical (unpaired) electrons. The maximum atomic E-state index is 13.2. The van der Waals surface area contributed by atoms with E-state index < -0.39 is 10.0 Å². The molecular formula is C21H27N2O4S+. The number of rotatable bonds is 4. The fraction of sp³-hybridized carbons (Fsp3) is 0.429. The maximum Gasteiger partial charge on any atom is 0.244 e. The van der Waals surface area contributed by atoms with Gasteiger partial charge in [0.1, 0.15) is 6.54 Å². The molecule has 0 spiro atoms. The zero-order valence-corrected chi connectivity index (χ0v) is 17.4. The van der Waals surface area contributed by atoms with Gasteiger partial charge in [0.15, 0.2) is 11.5 Å².